The van der Waals surface area contributed by atoms with Gasteiger partial charge >= 0.3 is 0 Å². The highest BCUT2D eigenvalue weighted by Crippen LogP contribution is 2.28. The summed E-state index contributed by atoms with van der Waals surface area (Å²) in [5.41, 5.74) is 9.11. The van der Waals surface area contributed by atoms with E-state index in [2.05, 4.69) is 24.5 Å². The molecule has 0 saturated heterocycles. The summed E-state index contributed by atoms with van der Waals surface area (Å²) >= 11 is 0. The minimum Gasteiger partial charge on any atom is -0.399 e. The van der Waals surface area contributed by atoms with Gasteiger partial charge in [-0.25, -0.2) is 0 Å². The molecule has 0 aliphatic carbocycles. The molecule has 0 aromatic heterocycles. The lowest BCUT2D eigenvalue weighted by Gasteiger charge is -2.24. The standard InChI is InChI=1S/C18H23N3O/c1-18(2,13-4-6-14(19)7-5-13)12-17(22)21-16-10-8-15(20-3)9-11-16/h4-11,20H,12,19H2,1-3H3,(H,21,22). The van der Waals surface area contributed by atoms with Gasteiger partial charge in [-0.05, 0) is 47.4 Å². The van der Waals surface area contributed by atoms with Gasteiger partial charge < -0.3 is 16.4 Å². The van der Waals surface area contributed by atoms with Crippen molar-refractivity contribution in [1.29, 1.82) is 0 Å². The molecule has 0 bridgehead atoms. The molecule has 2 rings (SSSR count). The molecule has 2 aromatic carbocycles. The van der Waals surface area contributed by atoms with Crippen LogP contribution in [-0.4, -0.2) is 13.0 Å². The second kappa shape index (κ2) is 6.52. The first kappa shape index (κ1) is 15.9. The lowest BCUT2D eigenvalue weighted by atomic mass is 9.81. The first-order chi connectivity index (χ1) is 10.4. The zero-order chi connectivity index (χ0) is 16.2. The molecule has 0 fully saturated rings. The fourth-order valence-corrected chi connectivity index (χ4v) is 2.36. The summed E-state index contributed by atoms with van der Waals surface area (Å²) in [6.07, 6.45) is 0.407. The van der Waals surface area contributed by atoms with Crippen molar-refractivity contribution in [2.24, 2.45) is 0 Å². The Labute approximate surface area is 131 Å². The predicted octanol–water partition coefficient (Wildman–Crippen LogP) is 3.62. The summed E-state index contributed by atoms with van der Waals surface area (Å²) in [6, 6.07) is 15.3. The maximum absolute atomic E-state index is 12.3. The number of nitrogens with one attached hydrogen (secondary N) is 2. The fourth-order valence-electron chi connectivity index (χ4n) is 2.36. The first-order valence-corrected chi connectivity index (χ1v) is 7.34. The summed E-state index contributed by atoms with van der Waals surface area (Å²) in [5.74, 6) is -0.000896. The van der Waals surface area contributed by atoms with Crippen molar-refractivity contribution in [2.75, 3.05) is 23.4 Å². The Kier molecular flexibility index (Phi) is 4.71. The molecule has 1 amide bonds. The van der Waals surface area contributed by atoms with Crippen molar-refractivity contribution in [3.63, 3.8) is 0 Å². The van der Waals surface area contributed by atoms with E-state index in [0.717, 1.165) is 22.6 Å². The predicted molar refractivity (Wildman–Crippen MR) is 93.1 cm³/mol. The van der Waals surface area contributed by atoms with Crippen LogP contribution in [0, 0.1) is 0 Å². The van der Waals surface area contributed by atoms with E-state index in [1.807, 2.05) is 55.6 Å². The molecule has 0 spiro atoms. The monoisotopic (exact) mass is 297 g/mol. The maximum Gasteiger partial charge on any atom is 0.225 e. The van der Waals surface area contributed by atoms with Gasteiger partial charge in [0.15, 0.2) is 0 Å². The summed E-state index contributed by atoms with van der Waals surface area (Å²) in [7, 11) is 1.86. The molecular formula is C18H23N3O. The van der Waals surface area contributed by atoms with Gasteiger partial charge in [-0.2, -0.15) is 0 Å². The second-order valence-corrected chi connectivity index (χ2v) is 6.06. The normalized spacial score (nSPS) is 11.0. The van der Waals surface area contributed by atoms with Gasteiger partial charge in [-0.1, -0.05) is 26.0 Å². The molecule has 22 heavy (non-hydrogen) atoms. The molecule has 0 aliphatic heterocycles. The van der Waals surface area contributed by atoms with Crippen LogP contribution in [0.15, 0.2) is 48.5 Å². The van der Waals surface area contributed by atoms with Crippen LogP contribution in [0.3, 0.4) is 0 Å². The summed E-state index contributed by atoms with van der Waals surface area (Å²) < 4.78 is 0. The van der Waals surface area contributed by atoms with Crippen LogP contribution >= 0.6 is 0 Å². The van der Waals surface area contributed by atoms with E-state index in [1.54, 1.807) is 0 Å². The number of nitrogens with two attached hydrogens (primary N) is 1. The van der Waals surface area contributed by atoms with Crippen molar-refractivity contribution in [3.05, 3.63) is 54.1 Å². The van der Waals surface area contributed by atoms with Gasteiger partial charge in [0, 0.05) is 30.5 Å². The number of carbonyl (C=O) groups is 1. The number of hydrogen-bond acceptors (Lipinski definition) is 3. The summed E-state index contributed by atoms with van der Waals surface area (Å²) in [4.78, 5) is 12.3. The highest BCUT2D eigenvalue weighted by atomic mass is 16.1. The van der Waals surface area contributed by atoms with Crippen molar-refractivity contribution < 1.29 is 4.79 Å². The van der Waals surface area contributed by atoms with Gasteiger partial charge in [0.2, 0.25) is 5.91 Å². The third kappa shape index (κ3) is 4.01. The lowest BCUT2D eigenvalue weighted by Crippen LogP contribution is -2.25. The van der Waals surface area contributed by atoms with Gasteiger partial charge in [0.25, 0.3) is 0 Å². The van der Waals surface area contributed by atoms with Crippen LogP contribution in [0.5, 0.6) is 0 Å². The second-order valence-electron chi connectivity index (χ2n) is 6.06. The molecule has 0 radical (unpaired) electrons. The van der Waals surface area contributed by atoms with Crippen molar-refractivity contribution >= 4 is 23.0 Å². The van der Waals surface area contributed by atoms with Crippen LogP contribution in [0.25, 0.3) is 0 Å². The topological polar surface area (TPSA) is 67.1 Å². The highest BCUT2D eigenvalue weighted by molar-refractivity contribution is 5.91. The molecule has 2 aromatic rings. The molecule has 0 saturated carbocycles. The third-order valence-electron chi connectivity index (χ3n) is 3.75. The number of anilines is 3. The SMILES string of the molecule is CNc1ccc(NC(=O)CC(C)(C)c2ccc(N)cc2)cc1. The van der Waals surface area contributed by atoms with E-state index in [-0.39, 0.29) is 11.3 Å². The smallest absolute Gasteiger partial charge is 0.225 e. The molecule has 0 heterocycles. The average molecular weight is 297 g/mol. The molecule has 116 valence electrons. The van der Waals surface area contributed by atoms with E-state index in [1.165, 1.54) is 0 Å². The Morgan fingerprint density at radius 3 is 2.09 bits per heavy atom. The zero-order valence-electron chi connectivity index (χ0n) is 13.3. The number of nitrogen functional groups attached to an aromatic ring is 1. The van der Waals surface area contributed by atoms with E-state index in [4.69, 9.17) is 5.73 Å². The number of carbonyl (C=O) groups excluding carboxylic acids is 1. The minimum absolute atomic E-state index is 0.000896. The Hall–Kier alpha value is -2.49. The first-order valence-electron chi connectivity index (χ1n) is 7.34. The minimum atomic E-state index is -0.247. The van der Waals surface area contributed by atoms with Crippen molar-refractivity contribution in [3.8, 4) is 0 Å². The Morgan fingerprint density at radius 1 is 1.00 bits per heavy atom. The third-order valence-corrected chi connectivity index (χ3v) is 3.75. The lowest BCUT2D eigenvalue weighted by molar-refractivity contribution is -0.117. The zero-order valence-corrected chi connectivity index (χ0v) is 13.3. The number of rotatable bonds is 5. The van der Waals surface area contributed by atoms with Gasteiger partial charge in [0.05, 0.1) is 0 Å². The fraction of sp³-hybridized carbons (Fsp3) is 0.278. The molecule has 0 aliphatic rings. The van der Waals surface area contributed by atoms with Gasteiger partial charge in [0.1, 0.15) is 0 Å². The van der Waals surface area contributed by atoms with Gasteiger partial charge in [-0.15, -0.1) is 0 Å². The number of benzene rings is 2. The van der Waals surface area contributed by atoms with E-state index in [0.29, 0.717) is 6.42 Å². The molecule has 4 N–H and O–H groups in total. The van der Waals surface area contributed by atoms with Gasteiger partial charge in [-0.3, -0.25) is 4.79 Å². The van der Waals surface area contributed by atoms with Crippen molar-refractivity contribution in [2.45, 2.75) is 25.7 Å². The van der Waals surface area contributed by atoms with Crippen LogP contribution < -0.4 is 16.4 Å². The van der Waals surface area contributed by atoms with Crippen LogP contribution in [-0.2, 0) is 10.2 Å². The quantitative estimate of drug-likeness (QED) is 0.738. The summed E-state index contributed by atoms with van der Waals surface area (Å²) in [6.45, 7) is 4.12. The van der Waals surface area contributed by atoms with E-state index >= 15 is 0 Å². The van der Waals surface area contributed by atoms with Crippen LogP contribution in [0.2, 0.25) is 0 Å². The molecule has 4 nitrogen and oxygen atoms in total. The number of amides is 1. The van der Waals surface area contributed by atoms with Crippen LogP contribution in [0.1, 0.15) is 25.8 Å². The molecular weight excluding hydrogens is 274 g/mol. The van der Waals surface area contributed by atoms with E-state index < -0.39 is 0 Å². The summed E-state index contributed by atoms with van der Waals surface area (Å²) in [5, 5.41) is 5.99. The average Bonchev–Trinajstić information content (AvgIpc) is 2.48. The Balaban J connectivity index is 2.02. The Bertz CT molecular complexity index is 630. The number of hydrogen-bond donors (Lipinski definition) is 3. The largest absolute Gasteiger partial charge is 0.399 e. The molecule has 0 unspecified atom stereocenters. The highest BCUT2D eigenvalue weighted by Gasteiger charge is 2.24. The van der Waals surface area contributed by atoms with E-state index in [9.17, 15) is 4.79 Å². The van der Waals surface area contributed by atoms with Crippen molar-refractivity contribution in [1.82, 2.24) is 0 Å². The van der Waals surface area contributed by atoms with Crippen LogP contribution in [0.4, 0.5) is 17.1 Å². The Morgan fingerprint density at radius 2 is 1.55 bits per heavy atom. The maximum atomic E-state index is 12.3. The molecule has 4 heteroatoms. The molecule has 0 atom stereocenters.